The molecule has 0 aliphatic heterocycles. The lowest BCUT2D eigenvalue weighted by atomic mass is 9.99. The normalized spacial score (nSPS) is 11.1. The summed E-state index contributed by atoms with van der Waals surface area (Å²) in [5.74, 6) is -3.56. The highest BCUT2D eigenvalue weighted by Crippen LogP contribution is 2.34. The molecule has 0 amide bonds. The fourth-order valence-electron chi connectivity index (χ4n) is 3.01. The molecule has 0 spiro atoms. The molecular formula is C20H9FO8. The van der Waals surface area contributed by atoms with Crippen molar-refractivity contribution in [1.29, 1.82) is 0 Å². The second-order valence-corrected chi connectivity index (χ2v) is 6.10. The molecule has 2 aromatic heterocycles. The van der Waals surface area contributed by atoms with E-state index in [0.717, 1.165) is 12.1 Å². The minimum atomic E-state index is -1.55. The highest BCUT2D eigenvalue weighted by molar-refractivity contribution is 6.11. The summed E-state index contributed by atoms with van der Waals surface area (Å²) in [7, 11) is 0. The van der Waals surface area contributed by atoms with Crippen LogP contribution >= 0.6 is 0 Å². The summed E-state index contributed by atoms with van der Waals surface area (Å²) >= 11 is 0. The van der Waals surface area contributed by atoms with E-state index >= 15 is 0 Å². The van der Waals surface area contributed by atoms with Crippen LogP contribution in [0.15, 0.2) is 60.9 Å². The molecule has 144 valence electrons. The number of carboxylic acids is 2. The van der Waals surface area contributed by atoms with Crippen LogP contribution in [-0.2, 0) is 0 Å². The monoisotopic (exact) mass is 396 g/mol. The van der Waals surface area contributed by atoms with Crippen molar-refractivity contribution in [2.24, 2.45) is 0 Å². The first kappa shape index (κ1) is 18.1. The van der Waals surface area contributed by atoms with Crippen LogP contribution in [-0.4, -0.2) is 22.2 Å². The molecule has 2 heterocycles. The van der Waals surface area contributed by atoms with Crippen LogP contribution in [0.5, 0.6) is 0 Å². The number of hydrogen-bond acceptors (Lipinski definition) is 6. The average Bonchev–Trinajstić information content (AvgIpc) is 2.67. The van der Waals surface area contributed by atoms with E-state index in [1.807, 2.05) is 0 Å². The number of hydrogen-bond donors (Lipinski definition) is 2. The maximum absolute atomic E-state index is 13.3. The number of benzene rings is 2. The van der Waals surface area contributed by atoms with Gasteiger partial charge in [0.25, 0.3) is 0 Å². The van der Waals surface area contributed by atoms with Gasteiger partial charge in [-0.3, -0.25) is 0 Å². The summed E-state index contributed by atoms with van der Waals surface area (Å²) in [5.41, 5.74) is -3.17. The molecule has 0 bridgehead atoms. The van der Waals surface area contributed by atoms with Gasteiger partial charge >= 0.3 is 23.2 Å². The molecule has 29 heavy (non-hydrogen) atoms. The maximum atomic E-state index is 13.3. The van der Waals surface area contributed by atoms with Crippen LogP contribution in [0.25, 0.3) is 33.1 Å². The average molecular weight is 396 g/mol. The summed E-state index contributed by atoms with van der Waals surface area (Å²) in [6.07, 6.45) is 0. The highest BCUT2D eigenvalue weighted by Gasteiger charge is 2.21. The van der Waals surface area contributed by atoms with Gasteiger partial charge in [-0.1, -0.05) is 12.1 Å². The molecule has 0 aliphatic carbocycles. The number of fused-ring (bicyclic) bond motifs is 3. The Morgan fingerprint density at radius 1 is 0.793 bits per heavy atom. The van der Waals surface area contributed by atoms with Gasteiger partial charge in [0, 0.05) is 10.9 Å². The van der Waals surface area contributed by atoms with Crippen LogP contribution < -0.4 is 11.3 Å². The molecule has 4 rings (SSSR count). The van der Waals surface area contributed by atoms with Crippen LogP contribution in [0.1, 0.15) is 20.7 Å². The van der Waals surface area contributed by atoms with Crippen molar-refractivity contribution in [2.75, 3.05) is 0 Å². The van der Waals surface area contributed by atoms with Gasteiger partial charge in [0.15, 0.2) is 0 Å². The van der Waals surface area contributed by atoms with Crippen molar-refractivity contribution in [2.45, 2.75) is 0 Å². The standard InChI is InChI=1S/C20H9FO8/c21-10-3-1-8(2-4-10)11-5-9-6-13(17(22)23)19(26)28-15(9)12-7-14(18(24)25)20(27)29-16(11)12/h1-7H,(H,22,23)(H,24,25). The zero-order valence-corrected chi connectivity index (χ0v) is 14.3. The molecule has 2 N–H and O–H groups in total. The Labute approximate surface area is 159 Å². The summed E-state index contributed by atoms with van der Waals surface area (Å²) < 4.78 is 23.6. The number of carbonyl (C=O) groups is 2. The van der Waals surface area contributed by atoms with E-state index in [2.05, 4.69) is 0 Å². The molecule has 8 nitrogen and oxygen atoms in total. The number of rotatable bonds is 3. The highest BCUT2D eigenvalue weighted by atomic mass is 19.1. The van der Waals surface area contributed by atoms with Gasteiger partial charge < -0.3 is 19.0 Å². The van der Waals surface area contributed by atoms with E-state index in [-0.39, 0.29) is 27.5 Å². The number of carboxylic acid groups (broad SMARTS) is 2. The fraction of sp³-hybridized carbons (Fsp3) is 0. The predicted octanol–water partition coefficient (Wildman–Crippen LogP) is 3.10. The van der Waals surface area contributed by atoms with Crippen LogP contribution in [0.4, 0.5) is 4.39 Å². The smallest absolute Gasteiger partial charge is 0.351 e. The van der Waals surface area contributed by atoms with Crippen molar-refractivity contribution >= 4 is 33.9 Å². The van der Waals surface area contributed by atoms with E-state index in [0.29, 0.717) is 5.56 Å². The largest absolute Gasteiger partial charge is 0.477 e. The molecular weight excluding hydrogens is 387 g/mol. The van der Waals surface area contributed by atoms with Gasteiger partial charge in [-0.15, -0.1) is 0 Å². The van der Waals surface area contributed by atoms with Crippen molar-refractivity contribution in [3.63, 3.8) is 0 Å². The topological polar surface area (TPSA) is 135 Å². The lowest BCUT2D eigenvalue weighted by molar-refractivity contribution is 0.0681. The predicted molar refractivity (Wildman–Crippen MR) is 97.8 cm³/mol. The van der Waals surface area contributed by atoms with Gasteiger partial charge in [-0.05, 0) is 35.9 Å². The van der Waals surface area contributed by atoms with Gasteiger partial charge in [0.2, 0.25) is 0 Å². The molecule has 0 fully saturated rings. The van der Waals surface area contributed by atoms with Gasteiger partial charge in [-0.25, -0.2) is 23.6 Å². The van der Waals surface area contributed by atoms with Gasteiger partial charge in [-0.2, -0.15) is 0 Å². The summed E-state index contributed by atoms with van der Waals surface area (Å²) in [6, 6.07) is 8.61. The Hall–Kier alpha value is -4.27. The van der Waals surface area contributed by atoms with Crippen LogP contribution in [0, 0.1) is 5.82 Å². The lowest BCUT2D eigenvalue weighted by Crippen LogP contribution is -2.14. The van der Waals surface area contributed by atoms with Gasteiger partial charge in [0.05, 0.1) is 5.39 Å². The van der Waals surface area contributed by atoms with Crippen molar-refractivity contribution in [3.05, 3.63) is 80.2 Å². The molecule has 0 radical (unpaired) electrons. The Morgan fingerprint density at radius 3 is 1.93 bits per heavy atom. The third-order valence-corrected chi connectivity index (χ3v) is 4.33. The second kappa shape index (κ2) is 6.41. The van der Waals surface area contributed by atoms with Gasteiger partial charge in [0.1, 0.15) is 28.1 Å². The second-order valence-electron chi connectivity index (χ2n) is 6.10. The Morgan fingerprint density at radius 2 is 1.34 bits per heavy atom. The molecule has 0 atom stereocenters. The molecule has 2 aromatic carbocycles. The molecule has 9 heteroatoms. The Bertz CT molecular complexity index is 1440. The summed E-state index contributed by atoms with van der Waals surface area (Å²) in [6.45, 7) is 0. The van der Waals surface area contributed by atoms with Crippen molar-refractivity contribution in [3.8, 4) is 11.1 Å². The van der Waals surface area contributed by atoms with Crippen molar-refractivity contribution in [1.82, 2.24) is 0 Å². The molecule has 0 saturated carbocycles. The van der Waals surface area contributed by atoms with E-state index < -0.39 is 40.1 Å². The fourth-order valence-corrected chi connectivity index (χ4v) is 3.01. The Balaban J connectivity index is 2.22. The quantitative estimate of drug-likeness (QED) is 0.398. The van der Waals surface area contributed by atoms with Crippen molar-refractivity contribution < 1.29 is 33.0 Å². The zero-order chi connectivity index (χ0) is 20.9. The third kappa shape index (κ3) is 2.94. The lowest BCUT2D eigenvalue weighted by Gasteiger charge is -2.10. The van der Waals surface area contributed by atoms with Crippen LogP contribution in [0.3, 0.4) is 0 Å². The zero-order valence-electron chi connectivity index (χ0n) is 14.3. The molecule has 0 aliphatic rings. The minimum absolute atomic E-state index is 0.0205. The first-order valence-corrected chi connectivity index (χ1v) is 8.07. The number of aromatic carboxylic acids is 2. The van der Waals surface area contributed by atoms with E-state index in [1.165, 1.54) is 30.3 Å². The third-order valence-electron chi connectivity index (χ3n) is 4.33. The van der Waals surface area contributed by atoms with E-state index in [9.17, 15) is 28.7 Å². The molecule has 0 unspecified atom stereocenters. The number of halogens is 1. The van der Waals surface area contributed by atoms with Crippen LogP contribution in [0.2, 0.25) is 0 Å². The first-order chi connectivity index (χ1) is 13.8. The Kier molecular flexibility index (Phi) is 4.00. The summed E-state index contributed by atoms with van der Waals surface area (Å²) in [5, 5.41) is 18.5. The van der Waals surface area contributed by atoms with E-state index in [1.54, 1.807) is 0 Å². The molecule has 4 aromatic rings. The first-order valence-electron chi connectivity index (χ1n) is 8.07. The van der Waals surface area contributed by atoms with E-state index in [4.69, 9.17) is 13.9 Å². The molecule has 0 saturated heterocycles. The minimum Gasteiger partial charge on any atom is -0.477 e. The maximum Gasteiger partial charge on any atom is 0.351 e. The SMILES string of the molecule is O=C(O)c1cc2c(oc1=O)c(-c1ccc(F)cc1)cc1cc(C(=O)O)c(=O)oc12. The summed E-state index contributed by atoms with van der Waals surface area (Å²) in [4.78, 5) is 46.7.